The van der Waals surface area contributed by atoms with Crippen LogP contribution in [0.25, 0.3) is 0 Å². The van der Waals surface area contributed by atoms with Crippen molar-refractivity contribution >= 4 is 5.97 Å². The SMILES string of the molecule is CCn1nc(C)cc1CN1CCC(C(=O)OC)C1. The molecule has 1 aliphatic rings. The first-order valence-electron chi connectivity index (χ1n) is 6.47. The molecule has 5 heteroatoms. The van der Waals surface area contributed by atoms with E-state index in [0.717, 1.165) is 38.3 Å². The molecule has 2 rings (SSSR count). The van der Waals surface area contributed by atoms with Crippen LogP contribution in [-0.2, 0) is 22.6 Å². The molecule has 1 aliphatic heterocycles. The first kappa shape index (κ1) is 13.1. The van der Waals surface area contributed by atoms with Crippen LogP contribution in [0.2, 0.25) is 0 Å². The molecular weight excluding hydrogens is 230 g/mol. The van der Waals surface area contributed by atoms with Crippen molar-refractivity contribution in [3.63, 3.8) is 0 Å². The summed E-state index contributed by atoms with van der Waals surface area (Å²) in [5.74, 6) is -0.0493. The Bertz CT molecular complexity index is 428. The van der Waals surface area contributed by atoms with Gasteiger partial charge < -0.3 is 4.74 Å². The molecule has 100 valence electrons. The van der Waals surface area contributed by atoms with E-state index in [0.29, 0.717) is 0 Å². The van der Waals surface area contributed by atoms with Gasteiger partial charge in [0.05, 0.1) is 24.4 Å². The van der Waals surface area contributed by atoms with Crippen molar-refractivity contribution in [3.8, 4) is 0 Å². The van der Waals surface area contributed by atoms with Gasteiger partial charge in [-0.3, -0.25) is 14.4 Å². The zero-order valence-corrected chi connectivity index (χ0v) is 11.3. The predicted molar refractivity (Wildman–Crippen MR) is 68.0 cm³/mol. The molecule has 0 saturated carbocycles. The lowest BCUT2D eigenvalue weighted by Crippen LogP contribution is -2.24. The number of likely N-dealkylation sites (tertiary alicyclic amines) is 1. The summed E-state index contributed by atoms with van der Waals surface area (Å²) >= 11 is 0. The van der Waals surface area contributed by atoms with Crippen molar-refractivity contribution < 1.29 is 9.53 Å². The van der Waals surface area contributed by atoms with E-state index in [2.05, 4.69) is 23.0 Å². The molecule has 1 fully saturated rings. The average molecular weight is 251 g/mol. The third-order valence-electron chi connectivity index (χ3n) is 3.48. The highest BCUT2D eigenvalue weighted by Crippen LogP contribution is 2.20. The number of nitrogens with zero attached hydrogens (tertiary/aromatic N) is 3. The Morgan fingerprint density at radius 2 is 2.39 bits per heavy atom. The molecule has 2 heterocycles. The largest absolute Gasteiger partial charge is 0.469 e. The number of hydrogen-bond acceptors (Lipinski definition) is 4. The summed E-state index contributed by atoms with van der Waals surface area (Å²) in [6.45, 7) is 7.60. The maximum absolute atomic E-state index is 11.5. The highest BCUT2D eigenvalue weighted by Gasteiger charge is 2.29. The number of hydrogen-bond donors (Lipinski definition) is 0. The molecule has 18 heavy (non-hydrogen) atoms. The summed E-state index contributed by atoms with van der Waals surface area (Å²) in [4.78, 5) is 13.8. The molecule has 0 aromatic carbocycles. The van der Waals surface area contributed by atoms with E-state index in [1.807, 2.05) is 11.6 Å². The summed E-state index contributed by atoms with van der Waals surface area (Å²) in [6.07, 6.45) is 0.895. The van der Waals surface area contributed by atoms with Gasteiger partial charge in [-0.25, -0.2) is 0 Å². The number of esters is 1. The van der Waals surface area contributed by atoms with Crippen LogP contribution < -0.4 is 0 Å². The summed E-state index contributed by atoms with van der Waals surface area (Å²) < 4.78 is 6.83. The van der Waals surface area contributed by atoms with E-state index >= 15 is 0 Å². The molecule has 1 saturated heterocycles. The Morgan fingerprint density at radius 1 is 1.61 bits per heavy atom. The van der Waals surface area contributed by atoms with E-state index in [4.69, 9.17) is 4.74 Å². The minimum atomic E-state index is -0.0855. The molecule has 0 N–H and O–H groups in total. The Hall–Kier alpha value is -1.36. The standard InChI is InChI=1S/C13H21N3O2/c1-4-16-12(7-10(2)14-16)9-15-6-5-11(8-15)13(17)18-3/h7,11H,4-6,8-9H2,1-3H3. The van der Waals surface area contributed by atoms with E-state index in [-0.39, 0.29) is 11.9 Å². The number of carbonyl (C=O) groups is 1. The van der Waals surface area contributed by atoms with Crippen molar-refractivity contribution in [2.45, 2.75) is 33.4 Å². The molecular formula is C13H21N3O2. The molecule has 1 aromatic rings. The Labute approximate surface area is 108 Å². The number of ether oxygens (including phenoxy) is 1. The van der Waals surface area contributed by atoms with Crippen LogP contribution >= 0.6 is 0 Å². The smallest absolute Gasteiger partial charge is 0.310 e. The summed E-state index contributed by atoms with van der Waals surface area (Å²) in [6, 6.07) is 2.12. The minimum absolute atomic E-state index is 0.0362. The Kier molecular flexibility index (Phi) is 4.01. The molecule has 0 amide bonds. The molecule has 1 atom stereocenters. The Balaban J connectivity index is 1.97. The van der Waals surface area contributed by atoms with Crippen molar-refractivity contribution in [1.29, 1.82) is 0 Å². The van der Waals surface area contributed by atoms with Crippen LogP contribution in [0.5, 0.6) is 0 Å². The Morgan fingerprint density at radius 3 is 3.06 bits per heavy atom. The zero-order valence-electron chi connectivity index (χ0n) is 11.3. The van der Waals surface area contributed by atoms with Gasteiger partial charge in [-0.1, -0.05) is 0 Å². The summed E-state index contributed by atoms with van der Waals surface area (Å²) in [5.41, 5.74) is 2.27. The van der Waals surface area contributed by atoms with Crippen molar-refractivity contribution in [2.24, 2.45) is 5.92 Å². The van der Waals surface area contributed by atoms with E-state index in [1.165, 1.54) is 12.8 Å². The number of methoxy groups -OCH3 is 1. The molecule has 0 spiro atoms. The third-order valence-corrected chi connectivity index (χ3v) is 3.48. The molecule has 0 aliphatic carbocycles. The lowest BCUT2D eigenvalue weighted by Gasteiger charge is -2.15. The van der Waals surface area contributed by atoms with Gasteiger partial charge in [0.15, 0.2) is 0 Å². The highest BCUT2D eigenvalue weighted by molar-refractivity contribution is 5.72. The van der Waals surface area contributed by atoms with Gasteiger partial charge in [0.1, 0.15) is 0 Å². The minimum Gasteiger partial charge on any atom is -0.469 e. The van der Waals surface area contributed by atoms with Gasteiger partial charge in [-0.15, -0.1) is 0 Å². The quantitative estimate of drug-likeness (QED) is 0.755. The van der Waals surface area contributed by atoms with E-state index in [1.54, 1.807) is 0 Å². The fourth-order valence-electron chi connectivity index (χ4n) is 2.56. The third kappa shape index (κ3) is 2.72. The van der Waals surface area contributed by atoms with Crippen molar-refractivity contribution in [3.05, 3.63) is 17.5 Å². The monoisotopic (exact) mass is 251 g/mol. The molecule has 5 nitrogen and oxygen atoms in total. The van der Waals surface area contributed by atoms with E-state index < -0.39 is 0 Å². The molecule has 0 bridgehead atoms. The normalized spacial score (nSPS) is 20.3. The lowest BCUT2D eigenvalue weighted by atomic mass is 10.1. The number of carbonyl (C=O) groups excluding carboxylic acids is 1. The van der Waals surface area contributed by atoms with Gasteiger partial charge >= 0.3 is 5.97 Å². The molecule has 0 radical (unpaired) electrons. The fraction of sp³-hybridized carbons (Fsp3) is 0.692. The fourth-order valence-corrected chi connectivity index (χ4v) is 2.56. The zero-order chi connectivity index (χ0) is 13.1. The summed E-state index contributed by atoms with van der Waals surface area (Å²) in [5, 5.41) is 4.44. The first-order chi connectivity index (χ1) is 8.63. The van der Waals surface area contributed by atoms with Crippen molar-refractivity contribution in [1.82, 2.24) is 14.7 Å². The van der Waals surface area contributed by atoms with E-state index in [9.17, 15) is 4.79 Å². The van der Waals surface area contributed by atoms with Crippen LogP contribution in [-0.4, -0.2) is 40.8 Å². The van der Waals surface area contributed by atoms with Gasteiger partial charge in [-0.2, -0.15) is 5.10 Å². The van der Waals surface area contributed by atoms with Gasteiger partial charge in [0.25, 0.3) is 0 Å². The maximum atomic E-state index is 11.5. The van der Waals surface area contributed by atoms with Crippen LogP contribution in [0.3, 0.4) is 0 Å². The van der Waals surface area contributed by atoms with Crippen LogP contribution in [0.4, 0.5) is 0 Å². The first-order valence-corrected chi connectivity index (χ1v) is 6.47. The second-order valence-electron chi connectivity index (χ2n) is 4.84. The molecule has 1 aromatic heterocycles. The second-order valence-corrected chi connectivity index (χ2v) is 4.84. The topological polar surface area (TPSA) is 47.4 Å². The van der Waals surface area contributed by atoms with Gasteiger partial charge in [-0.05, 0) is 32.9 Å². The lowest BCUT2D eigenvalue weighted by molar-refractivity contribution is -0.144. The maximum Gasteiger partial charge on any atom is 0.310 e. The van der Waals surface area contributed by atoms with Crippen LogP contribution in [0.1, 0.15) is 24.7 Å². The number of rotatable bonds is 4. The predicted octanol–water partition coefficient (Wildman–Crippen LogP) is 1.21. The highest BCUT2D eigenvalue weighted by atomic mass is 16.5. The van der Waals surface area contributed by atoms with Gasteiger partial charge in [0, 0.05) is 19.6 Å². The van der Waals surface area contributed by atoms with Crippen LogP contribution in [0, 0.1) is 12.8 Å². The van der Waals surface area contributed by atoms with Crippen LogP contribution in [0.15, 0.2) is 6.07 Å². The molecule has 1 unspecified atom stereocenters. The van der Waals surface area contributed by atoms with Crippen molar-refractivity contribution in [2.75, 3.05) is 20.2 Å². The average Bonchev–Trinajstić information content (AvgIpc) is 2.95. The number of aryl methyl sites for hydroxylation is 2. The second kappa shape index (κ2) is 5.52. The summed E-state index contributed by atoms with van der Waals surface area (Å²) in [7, 11) is 1.46. The number of aromatic nitrogens is 2. The van der Waals surface area contributed by atoms with Gasteiger partial charge in [0.2, 0.25) is 0 Å².